The Balaban J connectivity index is 0.00000120. The van der Waals surface area contributed by atoms with Gasteiger partial charge in [-0.2, -0.15) is 0 Å². The molecule has 0 aliphatic carbocycles. The van der Waals surface area contributed by atoms with Crippen LogP contribution in [0.3, 0.4) is 0 Å². The van der Waals surface area contributed by atoms with Gasteiger partial charge in [-0.25, -0.2) is 0 Å². The third-order valence-electron chi connectivity index (χ3n) is 4.18. The molecule has 0 saturated carbocycles. The highest BCUT2D eigenvalue weighted by Crippen LogP contribution is 2.37. The van der Waals surface area contributed by atoms with Crippen LogP contribution >= 0.6 is 23.7 Å². The van der Waals surface area contributed by atoms with Crippen molar-refractivity contribution in [2.24, 2.45) is 5.41 Å². The number of nitrogens with zero attached hydrogens (tertiary/aromatic N) is 1. The molecule has 2 saturated heterocycles. The van der Waals surface area contributed by atoms with Crippen molar-refractivity contribution in [3.05, 3.63) is 22.4 Å². The molecule has 0 bridgehead atoms. The van der Waals surface area contributed by atoms with E-state index in [1.807, 2.05) is 22.4 Å². The van der Waals surface area contributed by atoms with Crippen molar-refractivity contribution >= 4 is 29.7 Å². The fourth-order valence-electron chi connectivity index (χ4n) is 2.96. The largest absolute Gasteiger partial charge is 0.338 e. The van der Waals surface area contributed by atoms with Crippen LogP contribution in [-0.2, 0) is 0 Å². The second-order valence-corrected chi connectivity index (χ2v) is 6.14. The van der Waals surface area contributed by atoms with Gasteiger partial charge in [-0.1, -0.05) is 6.07 Å². The molecule has 1 spiro atoms. The summed E-state index contributed by atoms with van der Waals surface area (Å²) >= 11 is 1.54. The topological polar surface area (TPSA) is 32.3 Å². The molecule has 1 aromatic heterocycles. The van der Waals surface area contributed by atoms with E-state index in [1.165, 1.54) is 6.42 Å². The average molecular weight is 287 g/mol. The fourth-order valence-corrected chi connectivity index (χ4v) is 3.65. The van der Waals surface area contributed by atoms with Crippen molar-refractivity contribution < 1.29 is 4.79 Å². The van der Waals surface area contributed by atoms with E-state index in [-0.39, 0.29) is 18.3 Å². The number of carbonyl (C=O) groups excluding carboxylic acids is 1. The molecule has 0 unspecified atom stereocenters. The van der Waals surface area contributed by atoms with Gasteiger partial charge in [0.2, 0.25) is 0 Å². The molecular weight excluding hydrogens is 268 g/mol. The highest BCUT2D eigenvalue weighted by Gasteiger charge is 2.38. The second kappa shape index (κ2) is 5.59. The molecule has 5 heteroatoms. The molecule has 2 aliphatic heterocycles. The summed E-state index contributed by atoms with van der Waals surface area (Å²) in [7, 11) is 0. The number of rotatable bonds is 1. The van der Waals surface area contributed by atoms with Gasteiger partial charge in [-0.05, 0) is 42.7 Å². The lowest BCUT2D eigenvalue weighted by Crippen LogP contribution is -2.43. The van der Waals surface area contributed by atoms with Gasteiger partial charge in [0, 0.05) is 19.6 Å². The molecule has 0 aromatic carbocycles. The van der Waals surface area contributed by atoms with Gasteiger partial charge in [0.15, 0.2) is 0 Å². The van der Waals surface area contributed by atoms with E-state index in [2.05, 4.69) is 5.32 Å². The van der Waals surface area contributed by atoms with Crippen molar-refractivity contribution in [1.29, 1.82) is 0 Å². The molecule has 1 amide bonds. The first-order valence-corrected chi connectivity index (χ1v) is 7.21. The zero-order valence-electron chi connectivity index (χ0n) is 10.4. The molecule has 2 fully saturated rings. The van der Waals surface area contributed by atoms with Gasteiger partial charge in [-0.15, -0.1) is 23.7 Å². The van der Waals surface area contributed by atoms with Crippen molar-refractivity contribution in [2.45, 2.75) is 19.3 Å². The summed E-state index contributed by atoms with van der Waals surface area (Å²) in [6, 6.07) is 3.87. The lowest BCUT2D eigenvalue weighted by molar-refractivity contribution is 0.0612. The Kier molecular flexibility index (Phi) is 4.30. The third kappa shape index (κ3) is 2.56. The van der Waals surface area contributed by atoms with Crippen LogP contribution in [0.25, 0.3) is 0 Å². The number of nitrogens with one attached hydrogen (secondary N) is 1. The predicted octanol–water partition coefficient (Wildman–Crippen LogP) is 2.39. The zero-order chi connectivity index (χ0) is 11.7. The molecule has 1 N–H and O–H groups in total. The minimum atomic E-state index is 0. The number of likely N-dealkylation sites (tertiary alicyclic amines) is 1. The van der Waals surface area contributed by atoms with Gasteiger partial charge >= 0.3 is 0 Å². The van der Waals surface area contributed by atoms with E-state index < -0.39 is 0 Å². The van der Waals surface area contributed by atoms with E-state index in [1.54, 1.807) is 11.3 Å². The molecule has 18 heavy (non-hydrogen) atoms. The first-order chi connectivity index (χ1) is 8.29. The molecular formula is C13H19ClN2OS. The first kappa shape index (κ1) is 13.8. The van der Waals surface area contributed by atoms with Crippen LogP contribution in [0.4, 0.5) is 0 Å². The maximum absolute atomic E-state index is 12.2. The molecule has 0 radical (unpaired) electrons. The van der Waals surface area contributed by atoms with Gasteiger partial charge in [0.1, 0.15) is 0 Å². The number of halogens is 1. The van der Waals surface area contributed by atoms with Crippen LogP contribution in [0.1, 0.15) is 28.9 Å². The minimum Gasteiger partial charge on any atom is -0.338 e. The summed E-state index contributed by atoms with van der Waals surface area (Å²) in [5.41, 5.74) is 0.492. The van der Waals surface area contributed by atoms with Crippen molar-refractivity contribution in [3.63, 3.8) is 0 Å². The number of hydrogen-bond donors (Lipinski definition) is 1. The van der Waals surface area contributed by atoms with Crippen molar-refractivity contribution in [3.8, 4) is 0 Å². The first-order valence-electron chi connectivity index (χ1n) is 6.33. The van der Waals surface area contributed by atoms with Crippen LogP contribution < -0.4 is 5.32 Å². The van der Waals surface area contributed by atoms with Crippen LogP contribution in [0.2, 0.25) is 0 Å². The van der Waals surface area contributed by atoms with Crippen LogP contribution in [0.15, 0.2) is 17.5 Å². The maximum Gasteiger partial charge on any atom is 0.263 e. The number of hydrogen-bond acceptors (Lipinski definition) is 3. The predicted molar refractivity (Wildman–Crippen MR) is 76.6 cm³/mol. The smallest absolute Gasteiger partial charge is 0.263 e. The van der Waals surface area contributed by atoms with Crippen molar-refractivity contribution in [1.82, 2.24) is 10.2 Å². The Bertz CT molecular complexity index is 391. The van der Waals surface area contributed by atoms with Crippen molar-refractivity contribution in [2.75, 3.05) is 26.2 Å². The Morgan fingerprint density at radius 2 is 2.11 bits per heavy atom. The van der Waals surface area contributed by atoms with Gasteiger partial charge < -0.3 is 10.2 Å². The normalized spacial score (nSPS) is 21.9. The lowest BCUT2D eigenvalue weighted by atomic mass is 9.78. The summed E-state index contributed by atoms with van der Waals surface area (Å²) in [5.74, 6) is 0.223. The molecule has 3 heterocycles. The molecule has 3 rings (SSSR count). The molecule has 0 atom stereocenters. The second-order valence-electron chi connectivity index (χ2n) is 5.20. The van der Waals surface area contributed by atoms with E-state index >= 15 is 0 Å². The Labute approximate surface area is 118 Å². The Morgan fingerprint density at radius 3 is 2.67 bits per heavy atom. The van der Waals surface area contributed by atoms with Gasteiger partial charge in [0.25, 0.3) is 5.91 Å². The fraction of sp³-hybridized carbons (Fsp3) is 0.615. The van der Waals surface area contributed by atoms with Crippen LogP contribution in [-0.4, -0.2) is 37.0 Å². The molecule has 100 valence electrons. The highest BCUT2D eigenvalue weighted by atomic mass is 35.5. The zero-order valence-corrected chi connectivity index (χ0v) is 12.0. The third-order valence-corrected chi connectivity index (χ3v) is 5.03. The van der Waals surface area contributed by atoms with E-state index in [0.29, 0.717) is 5.41 Å². The number of piperidine rings is 1. The Morgan fingerprint density at radius 1 is 1.33 bits per heavy atom. The number of amides is 1. The monoisotopic (exact) mass is 286 g/mol. The van der Waals surface area contributed by atoms with E-state index in [0.717, 1.165) is 43.9 Å². The highest BCUT2D eigenvalue weighted by molar-refractivity contribution is 7.12. The summed E-state index contributed by atoms with van der Waals surface area (Å²) < 4.78 is 0. The van der Waals surface area contributed by atoms with Crippen LogP contribution in [0, 0.1) is 5.41 Å². The van der Waals surface area contributed by atoms with E-state index in [9.17, 15) is 4.79 Å². The lowest BCUT2D eigenvalue weighted by Gasteiger charge is -2.38. The summed E-state index contributed by atoms with van der Waals surface area (Å²) in [6.45, 7) is 4.16. The molecule has 2 aliphatic rings. The minimum absolute atomic E-state index is 0. The Hall–Kier alpha value is -0.580. The SMILES string of the molecule is Cl.O=C(c1cccs1)N1CCC2(CCNC2)CC1. The molecule has 3 nitrogen and oxygen atoms in total. The quantitative estimate of drug-likeness (QED) is 0.860. The average Bonchev–Trinajstić information content (AvgIpc) is 3.01. The molecule has 1 aromatic rings. The van der Waals surface area contributed by atoms with E-state index in [4.69, 9.17) is 0 Å². The standard InChI is InChI=1S/C13H18N2OS.ClH/c16-12(11-2-1-9-17-11)15-7-4-13(5-8-15)3-6-14-10-13;/h1-2,9,14H,3-8,10H2;1H. The van der Waals surface area contributed by atoms with Gasteiger partial charge in [0.05, 0.1) is 4.88 Å². The van der Waals surface area contributed by atoms with Crippen LogP contribution in [0.5, 0.6) is 0 Å². The summed E-state index contributed by atoms with van der Waals surface area (Å²) in [4.78, 5) is 15.1. The van der Waals surface area contributed by atoms with Gasteiger partial charge in [-0.3, -0.25) is 4.79 Å². The maximum atomic E-state index is 12.2. The summed E-state index contributed by atoms with van der Waals surface area (Å²) in [6.07, 6.45) is 3.61. The number of thiophene rings is 1. The number of carbonyl (C=O) groups is 1. The summed E-state index contributed by atoms with van der Waals surface area (Å²) in [5, 5.41) is 5.42.